The Labute approximate surface area is 182 Å². The zero-order chi connectivity index (χ0) is 21.1. The Morgan fingerprint density at radius 2 is 1.87 bits per heavy atom. The smallest absolute Gasteiger partial charge is 0.325 e. The van der Waals surface area contributed by atoms with E-state index in [4.69, 9.17) is 16.3 Å². The van der Waals surface area contributed by atoms with Crippen molar-refractivity contribution >= 4 is 45.0 Å². The third-order valence-electron chi connectivity index (χ3n) is 4.48. The van der Waals surface area contributed by atoms with Gasteiger partial charge in [0.15, 0.2) is 0 Å². The maximum Gasteiger partial charge on any atom is 0.325 e. The summed E-state index contributed by atoms with van der Waals surface area (Å²) in [5.41, 5.74) is 2.43. The highest BCUT2D eigenvalue weighted by molar-refractivity contribution is 7.20. The van der Waals surface area contributed by atoms with Crippen LogP contribution >= 0.6 is 22.9 Å². The number of nitrogens with zero attached hydrogens (tertiary/aromatic N) is 2. The Kier molecular flexibility index (Phi) is 5.83. The lowest BCUT2D eigenvalue weighted by Gasteiger charge is -2.06. The van der Waals surface area contributed by atoms with E-state index in [1.54, 1.807) is 16.8 Å². The van der Waals surface area contributed by atoms with Gasteiger partial charge >= 0.3 is 5.97 Å². The van der Waals surface area contributed by atoms with Crippen LogP contribution < -0.4 is 5.32 Å². The van der Waals surface area contributed by atoms with E-state index in [0.717, 1.165) is 27.2 Å². The van der Waals surface area contributed by atoms with Crippen molar-refractivity contribution in [2.24, 2.45) is 0 Å². The number of hydrogen-bond donors (Lipinski definition) is 1. The van der Waals surface area contributed by atoms with Crippen molar-refractivity contribution < 1.29 is 14.3 Å². The zero-order valence-corrected chi connectivity index (χ0v) is 17.7. The summed E-state index contributed by atoms with van der Waals surface area (Å²) in [4.78, 5) is 25.8. The van der Waals surface area contributed by atoms with Crippen LogP contribution in [0.1, 0.15) is 20.9 Å². The van der Waals surface area contributed by atoms with Crippen LogP contribution in [-0.4, -0.2) is 28.2 Å². The molecule has 1 N–H and O–H groups in total. The second-order valence-electron chi connectivity index (χ2n) is 6.61. The molecule has 1 amide bonds. The lowest BCUT2D eigenvalue weighted by atomic mass is 10.2. The number of carbonyl (C=O) groups excluding carboxylic acids is 2. The van der Waals surface area contributed by atoms with Gasteiger partial charge in [0, 0.05) is 5.39 Å². The molecular weight excluding hydrogens is 422 g/mol. The first kappa shape index (κ1) is 20.1. The minimum absolute atomic E-state index is 0.172. The Morgan fingerprint density at radius 3 is 2.63 bits per heavy atom. The van der Waals surface area contributed by atoms with E-state index in [0.29, 0.717) is 9.90 Å². The van der Waals surface area contributed by atoms with E-state index in [2.05, 4.69) is 10.4 Å². The quantitative estimate of drug-likeness (QED) is 0.448. The summed E-state index contributed by atoms with van der Waals surface area (Å²) >= 11 is 7.61. The average Bonchev–Trinajstić information content (AvgIpc) is 3.32. The molecule has 152 valence electrons. The molecule has 0 aliphatic rings. The molecular formula is C22H18ClN3O3S. The molecule has 30 heavy (non-hydrogen) atoms. The largest absolute Gasteiger partial charge is 0.460 e. The summed E-state index contributed by atoms with van der Waals surface area (Å²) in [6.07, 6.45) is 0. The van der Waals surface area contributed by atoms with Crippen molar-refractivity contribution in [2.45, 2.75) is 13.5 Å². The standard InChI is InChI=1S/C22H18ClN3O3S/c1-14-16-11-19(30-22(16)26(25-14)18-10-6-5-9-17(18)23)21(28)24-12-20(27)29-13-15-7-3-2-4-8-15/h2-11H,12-13H2,1H3,(H,24,28). The number of rotatable bonds is 6. The van der Waals surface area contributed by atoms with Gasteiger partial charge in [-0.2, -0.15) is 5.10 Å². The van der Waals surface area contributed by atoms with E-state index in [1.807, 2.05) is 55.5 Å². The minimum atomic E-state index is -0.494. The number of thiophene rings is 1. The molecule has 0 unspecified atom stereocenters. The van der Waals surface area contributed by atoms with E-state index < -0.39 is 5.97 Å². The van der Waals surface area contributed by atoms with E-state index in [-0.39, 0.29) is 19.1 Å². The number of aryl methyl sites for hydroxylation is 1. The van der Waals surface area contributed by atoms with Gasteiger partial charge in [-0.1, -0.05) is 54.1 Å². The molecule has 2 heterocycles. The van der Waals surface area contributed by atoms with Crippen molar-refractivity contribution in [1.29, 1.82) is 0 Å². The number of amides is 1. The van der Waals surface area contributed by atoms with Crippen LogP contribution in [0.2, 0.25) is 5.02 Å². The first-order valence-electron chi connectivity index (χ1n) is 9.25. The summed E-state index contributed by atoms with van der Waals surface area (Å²) in [7, 11) is 0. The second kappa shape index (κ2) is 8.69. The van der Waals surface area contributed by atoms with Gasteiger partial charge in [0.1, 0.15) is 18.0 Å². The lowest BCUT2D eigenvalue weighted by molar-refractivity contribution is -0.143. The number of para-hydroxylation sites is 1. The van der Waals surface area contributed by atoms with Gasteiger partial charge in [-0.15, -0.1) is 11.3 Å². The Hall–Kier alpha value is -3.16. The normalized spacial score (nSPS) is 10.9. The highest BCUT2D eigenvalue weighted by Gasteiger charge is 2.18. The van der Waals surface area contributed by atoms with Gasteiger partial charge in [0.05, 0.1) is 21.3 Å². The van der Waals surface area contributed by atoms with Crippen molar-refractivity contribution in [3.8, 4) is 5.69 Å². The monoisotopic (exact) mass is 439 g/mol. The van der Waals surface area contributed by atoms with Gasteiger partial charge in [-0.3, -0.25) is 9.59 Å². The molecule has 0 saturated carbocycles. The highest BCUT2D eigenvalue weighted by Crippen LogP contribution is 2.32. The maximum atomic E-state index is 12.6. The van der Waals surface area contributed by atoms with Crippen LogP contribution in [0.3, 0.4) is 0 Å². The summed E-state index contributed by atoms with van der Waals surface area (Å²) in [5, 5.41) is 8.61. The van der Waals surface area contributed by atoms with Crippen molar-refractivity contribution in [3.05, 3.63) is 81.8 Å². The maximum absolute atomic E-state index is 12.6. The fraction of sp³-hybridized carbons (Fsp3) is 0.136. The molecule has 4 rings (SSSR count). The fourth-order valence-electron chi connectivity index (χ4n) is 2.97. The Morgan fingerprint density at radius 1 is 1.13 bits per heavy atom. The molecule has 0 saturated heterocycles. The van der Waals surface area contributed by atoms with E-state index in [1.165, 1.54) is 11.3 Å². The van der Waals surface area contributed by atoms with Crippen molar-refractivity contribution in [2.75, 3.05) is 6.54 Å². The molecule has 6 nitrogen and oxygen atoms in total. The zero-order valence-electron chi connectivity index (χ0n) is 16.1. The lowest BCUT2D eigenvalue weighted by Crippen LogP contribution is -2.30. The molecule has 0 spiro atoms. The third kappa shape index (κ3) is 4.22. The molecule has 0 atom stereocenters. The molecule has 2 aromatic carbocycles. The van der Waals surface area contributed by atoms with Gasteiger partial charge in [0.2, 0.25) is 0 Å². The van der Waals surface area contributed by atoms with Crippen molar-refractivity contribution in [3.63, 3.8) is 0 Å². The molecule has 0 fully saturated rings. The molecule has 0 bridgehead atoms. The molecule has 0 aliphatic carbocycles. The van der Waals surface area contributed by atoms with E-state index in [9.17, 15) is 9.59 Å². The average molecular weight is 440 g/mol. The van der Waals surface area contributed by atoms with Gasteiger partial charge in [-0.25, -0.2) is 4.68 Å². The molecule has 4 aromatic rings. The number of hydrogen-bond acceptors (Lipinski definition) is 5. The summed E-state index contributed by atoms with van der Waals surface area (Å²) in [6, 6.07) is 18.6. The summed E-state index contributed by atoms with van der Waals surface area (Å²) < 4.78 is 6.93. The van der Waals surface area contributed by atoms with Crippen molar-refractivity contribution in [1.82, 2.24) is 15.1 Å². The van der Waals surface area contributed by atoms with Crippen LogP contribution in [-0.2, 0) is 16.1 Å². The van der Waals surface area contributed by atoms with Gasteiger partial charge in [-0.05, 0) is 30.7 Å². The SMILES string of the molecule is Cc1nn(-c2ccccc2Cl)c2sc(C(=O)NCC(=O)OCc3ccccc3)cc12. The van der Waals surface area contributed by atoms with Crippen LogP contribution in [0.25, 0.3) is 15.9 Å². The molecule has 0 radical (unpaired) electrons. The first-order valence-corrected chi connectivity index (χ1v) is 10.4. The third-order valence-corrected chi connectivity index (χ3v) is 5.91. The molecule has 0 aliphatic heterocycles. The number of ether oxygens (including phenoxy) is 1. The van der Waals surface area contributed by atoms with Gasteiger partial charge in [0.25, 0.3) is 5.91 Å². The number of nitrogens with one attached hydrogen (secondary N) is 1. The van der Waals surface area contributed by atoms with Crippen LogP contribution in [0, 0.1) is 6.92 Å². The fourth-order valence-corrected chi connectivity index (χ4v) is 4.28. The molecule has 2 aromatic heterocycles. The summed E-state index contributed by atoms with van der Waals surface area (Å²) in [6.45, 7) is 1.85. The Balaban J connectivity index is 1.44. The molecule has 8 heteroatoms. The van der Waals surface area contributed by atoms with E-state index >= 15 is 0 Å². The highest BCUT2D eigenvalue weighted by atomic mass is 35.5. The topological polar surface area (TPSA) is 73.2 Å². The minimum Gasteiger partial charge on any atom is -0.460 e. The predicted molar refractivity (Wildman–Crippen MR) is 117 cm³/mol. The number of halogens is 1. The van der Waals surface area contributed by atoms with Crippen LogP contribution in [0.5, 0.6) is 0 Å². The number of benzene rings is 2. The number of esters is 1. The predicted octanol–water partition coefficient (Wildman–Crippen LogP) is 4.52. The number of fused-ring (bicyclic) bond motifs is 1. The van der Waals surface area contributed by atoms with Crippen LogP contribution in [0.15, 0.2) is 60.7 Å². The second-order valence-corrected chi connectivity index (χ2v) is 8.04. The van der Waals surface area contributed by atoms with Gasteiger partial charge < -0.3 is 10.1 Å². The Bertz CT molecular complexity index is 1220. The summed E-state index contributed by atoms with van der Waals surface area (Å²) in [5.74, 6) is -0.829. The number of carbonyl (C=O) groups is 2. The first-order chi connectivity index (χ1) is 14.5. The number of aromatic nitrogens is 2. The van der Waals surface area contributed by atoms with Crippen LogP contribution in [0.4, 0.5) is 0 Å².